The lowest BCUT2D eigenvalue weighted by Gasteiger charge is -2.46. The number of cyclic esters (lactones) is 1. The Balaban J connectivity index is 0.959. The van der Waals surface area contributed by atoms with Crippen molar-refractivity contribution in [3.8, 4) is 11.5 Å². The molecule has 0 bridgehead atoms. The summed E-state index contributed by atoms with van der Waals surface area (Å²) in [6.45, 7) is 7.14. The first-order chi connectivity index (χ1) is 36.3. The molecule has 4 fully saturated rings. The van der Waals surface area contributed by atoms with Crippen molar-refractivity contribution < 1.29 is 57.6 Å². The minimum atomic E-state index is -1.71. The highest BCUT2D eigenvalue weighted by Gasteiger charge is 2.74. The normalized spacial score (nSPS) is 26.7. The number of fused-ring (bicyclic) bond motifs is 4. The summed E-state index contributed by atoms with van der Waals surface area (Å²) in [7, 11) is 0. The second-order valence-electron chi connectivity index (χ2n) is 19.8. The summed E-state index contributed by atoms with van der Waals surface area (Å²) in [4.78, 5) is 90.3. The van der Waals surface area contributed by atoms with E-state index in [0.29, 0.717) is 40.3 Å². The molecule has 5 aromatic rings. The van der Waals surface area contributed by atoms with Crippen LogP contribution in [0.4, 0.5) is 5.69 Å². The van der Waals surface area contributed by atoms with E-state index in [-0.39, 0.29) is 57.2 Å². The van der Waals surface area contributed by atoms with Gasteiger partial charge in [-0.05, 0) is 112 Å². The maximum Gasteiger partial charge on any atom is 0.325 e. The van der Waals surface area contributed by atoms with Gasteiger partial charge in [-0.15, -0.1) is 0 Å². The summed E-state index contributed by atoms with van der Waals surface area (Å²) < 4.78 is 30.8. The SMILES string of the molecule is C=CCOC(=O)[C@H]1[C@@H]2C(=O)O[C@@H](c3ccccc3)[C@@H](c3ccccc3)N2[C@@H](c2ccc(OCCOC(=O)[C@H]3C[C@H]4C(=O)N[C@@H](CC(C)C)C(=O)N4[C@H]3c3cccc(OCCO)c3)cc2)[C@]12C(=O)Nc1ccc(I)cc12. The van der Waals surface area contributed by atoms with Gasteiger partial charge < -0.3 is 44.3 Å². The number of carbonyl (C=O) groups excluding carboxylic acids is 6. The van der Waals surface area contributed by atoms with Crippen molar-refractivity contribution in [1.29, 1.82) is 0 Å². The number of nitrogens with one attached hydrogen (secondary N) is 2. The first-order valence-corrected chi connectivity index (χ1v) is 26.3. The van der Waals surface area contributed by atoms with Gasteiger partial charge in [-0.25, -0.2) is 0 Å². The van der Waals surface area contributed by atoms with Crippen LogP contribution in [0.3, 0.4) is 0 Å². The van der Waals surface area contributed by atoms with Crippen LogP contribution in [0.2, 0.25) is 0 Å². The summed E-state index contributed by atoms with van der Waals surface area (Å²) in [5, 5.41) is 15.4. The summed E-state index contributed by atoms with van der Waals surface area (Å²) in [6, 6.07) is 33.2. The van der Waals surface area contributed by atoms with Crippen molar-refractivity contribution in [3.05, 3.63) is 171 Å². The van der Waals surface area contributed by atoms with E-state index in [9.17, 15) is 29.1 Å². The first kappa shape index (κ1) is 51.4. The third kappa shape index (κ3) is 9.43. The van der Waals surface area contributed by atoms with Gasteiger partial charge in [-0.2, -0.15) is 0 Å². The van der Waals surface area contributed by atoms with Gasteiger partial charge in [0.25, 0.3) is 0 Å². The molecule has 10 atom stereocenters. The molecular formula is C58H57IN4O12. The second kappa shape index (κ2) is 21.6. The highest BCUT2D eigenvalue weighted by atomic mass is 127. The molecule has 5 aliphatic rings. The zero-order valence-electron chi connectivity index (χ0n) is 41.3. The standard InChI is InChI=1S/C58H57IN4O12/c1-4-25-73-55(68)46-49-56(69)75-50(35-14-9-6-10-15-35)48(34-12-7-5-8-13-34)63(49)51(58(46)42-31-38(59)20-23-43(42)61-57(58)70)36-18-21-39(22-19-36)72-27-28-74-54(67)41-32-45-52(65)60-44(29-33(2)3)53(66)62(45)47(41)37-16-11-17-40(30-37)71-26-24-64/h4-23,30-31,33,41,44-51,64H,1,24-29,32H2,2-3H3,(H,60,65)(H,61,70)/t41-,44-,45-,46+,47-,48+,49+,50-,51-,58+/m0/s1. The van der Waals surface area contributed by atoms with E-state index in [1.807, 2.05) is 104 Å². The highest BCUT2D eigenvalue weighted by molar-refractivity contribution is 14.1. The number of ether oxygens (including phenoxy) is 5. The Kier molecular flexibility index (Phi) is 14.8. The van der Waals surface area contributed by atoms with Crippen LogP contribution in [-0.4, -0.2) is 102 Å². The van der Waals surface area contributed by atoms with Crippen LogP contribution in [0.25, 0.3) is 0 Å². The molecule has 5 aliphatic heterocycles. The van der Waals surface area contributed by atoms with Crippen molar-refractivity contribution in [2.24, 2.45) is 17.8 Å². The lowest BCUT2D eigenvalue weighted by atomic mass is 9.65. The third-order valence-electron chi connectivity index (χ3n) is 14.9. The zero-order valence-corrected chi connectivity index (χ0v) is 43.5. The van der Waals surface area contributed by atoms with Crippen LogP contribution in [-0.2, 0) is 48.4 Å². The number of piperazine rings is 1. The topological polar surface area (TPSA) is 199 Å². The molecular weight excluding hydrogens is 1070 g/mol. The molecule has 1 spiro atoms. The van der Waals surface area contributed by atoms with Crippen LogP contribution in [0, 0.1) is 21.3 Å². The monoisotopic (exact) mass is 1130 g/mol. The number of carbonyl (C=O) groups is 6. The van der Waals surface area contributed by atoms with E-state index in [2.05, 4.69) is 39.8 Å². The molecule has 5 aromatic carbocycles. The minimum absolute atomic E-state index is 0.0451. The molecule has 10 rings (SSSR count). The molecule has 0 aromatic heterocycles. The zero-order chi connectivity index (χ0) is 52.5. The van der Waals surface area contributed by atoms with Gasteiger partial charge in [0.1, 0.15) is 73.5 Å². The van der Waals surface area contributed by atoms with Gasteiger partial charge in [0, 0.05) is 9.26 Å². The maximum absolute atomic E-state index is 15.2. The Hall–Kier alpha value is -7.09. The van der Waals surface area contributed by atoms with Crippen molar-refractivity contribution >= 4 is 63.9 Å². The Morgan fingerprint density at radius 3 is 2.20 bits per heavy atom. The van der Waals surface area contributed by atoms with Gasteiger partial charge in [-0.1, -0.05) is 111 Å². The van der Waals surface area contributed by atoms with Crippen molar-refractivity contribution in [2.75, 3.05) is 38.4 Å². The molecule has 0 saturated carbocycles. The molecule has 0 unspecified atom stereocenters. The average Bonchev–Trinajstić information content (AvgIpc) is 4.27. The lowest BCUT2D eigenvalue weighted by Crippen LogP contribution is -2.61. The molecule has 75 heavy (non-hydrogen) atoms. The van der Waals surface area contributed by atoms with E-state index in [1.165, 1.54) is 11.0 Å². The van der Waals surface area contributed by atoms with Crippen molar-refractivity contribution in [3.63, 3.8) is 0 Å². The number of nitrogens with zero attached hydrogens (tertiary/aromatic N) is 2. The molecule has 16 nitrogen and oxygen atoms in total. The molecule has 3 N–H and O–H groups in total. The van der Waals surface area contributed by atoms with Gasteiger partial charge in [0.2, 0.25) is 17.7 Å². The summed E-state index contributed by atoms with van der Waals surface area (Å²) >= 11 is 2.18. The molecule has 17 heteroatoms. The van der Waals surface area contributed by atoms with Crippen LogP contribution in [0.1, 0.15) is 78.7 Å². The fraction of sp³-hybridized carbons (Fsp3) is 0.345. The number of hydrogen-bond donors (Lipinski definition) is 3. The van der Waals surface area contributed by atoms with Gasteiger partial charge in [0.05, 0.1) is 30.7 Å². The summed E-state index contributed by atoms with van der Waals surface area (Å²) in [5.41, 5.74) is 2.06. The third-order valence-corrected chi connectivity index (χ3v) is 15.6. The van der Waals surface area contributed by atoms with E-state index in [4.69, 9.17) is 23.7 Å². The number of halogens is 1. The highest BCUT2D eigenvalue weighted by Crippen LogP contribution is 2.65. The average molecular weight is 1130 g/mol. The van der Waals surface area contributed by atoms with Crippen LogP contribution >= 0.6 is 22.6 Å². The minimum Gasteiger partial charge on any atom is -0.491 e. The summed E-state index contributed by atoms with van der Waals surface area (Å²) in [5.74, 6) is -4.43. The number of esters is 3. The number of aliphatic hydroxyl groups excluding tert-OH is 1. The van der Waals surface area contributed by atoms with Gasteiger partial charge in [0.15, 0.2) is 0 Å². The second-order valence-corrected chi connectivity index (χ2v) is 21.0. The lowest BCUT2D eigenvalue weighted by molar-refractivity contribution is -0.180. The van der Waals surface area contributed by atoms with Crippen LogP contribution in [0.15, 0.2) is 140 Å². The number of morpholine rings is 1. The van der Waals surface area contributed by atoms with E-state index >= 15 is 4.79 Å². The number of rotatable bonds is 17. The predicted molar refractivity (Wildman–Crippen MR) is 282 cm³/mol. The molecule has 4 saturated heterocycles. The first-order valence-electron chi connectivity index (χ1n) is 25.2. The van der Waals surface area contributed by atoms with Crippen molar-refractivity contribution in [1.82, 2.24) is 15.1 Å². The molecule has 388 valence electrons. The fourth-order valence-corrected chi connectivity index (χ4v) is 12.5. The van der Waals surface area contributed by atoms with Gasteiger partial charge in [-0.3, -0.25) is 33.7 Å². The molecule has 0 radical (unpaired) electrons. The maximum atomic E-state index is 15.2. The van der Waals surface area contributed by atoms with Crippen LogP contribution in [0.5, 0.6) is 11.5 Å². The number of aliphatic hydroxyl groups is 1. The molecule has 5 heterocycles. The summed E-state index contributed by atoms with van der Waals surface area (Å²) in [6.07, 6.45) is 1.07. The Morgan fingerprint density at radius 1 is 0.787 bits per heavy atom. The smallest absolute Gasteiger partial charge is 0.325 e. The van der Waals surface area contributed by atoms with E-state index < -0.39 is 83.4 Å². The Bertz CT molecular complexity index is 2990. The Labute approximate surface area is 447 Å². The number of anilines is 1. The largest absolute Gasteiger partial charge is 0.491 e. The van der Waals surface area contributed by atoms with Crippen LogP contribution < -0.4 is 20.1 Å². The van der Waals surface area contributed by atoms with Crippen molar-refractivity contribution in [2.45, 2.75) is 74.5 Å². The van der Waals surface area contributed by atoms with E-state index in [0.717, 1.165) is 14.7 Å². The number of hydrogen-bond acceptors (Lipinski definition) is 13. The van der Waals surface area contributed by atoms with Gasteiger partial charge >= 0.3 is 17.9 Å². The number of amides is 3. The molecule has 3 amide bonds. The number of benzene rings is 5. The Morgan fingerprint density at radius 2 is 1.49 bits per heavy atom. The molecule has 0 aliphatic carbocycles. The predicted octanol–water partition coefficient (Wildman–Crippen LogP) is 7.09. The fourth-order valence-electron chi connectivity index (χ4n) is 12.0. The van der Waals surface area contributed by atoms with E-state index in [1.54, 1.807) is 42.5 Å². The quantitative estimate of drug-likeness (QED) is 0.0281.